The second-order valence-electron chi connectivity index (χ2n) is 15.5. The van der Waals surface area contributed by atoms with Crippen LogP contribution in [0.4, 0.5) is 0 Å². The van der Waals surface area contributed by atoms with Gasteiger partial charge in [0.15, 0.2) is 0 Å². The first-order valence-electron chi connectivity index (χ1n) is 15.8. The Hall–Kier alpha value is -2.38. The number of hydrogen-bond acceptors (Lipinski definition) is 6. The average Bonchev–Trinajstić information content (AvgIpc) is 2.85. The van der Waals surface area contributed by atoms with E-state index in [1.54, 1.807) is 0 Å². The van der Waals surface area contributed by atoms with Crippen LogP contribution in [0, 0.1) is 50.7 Å². The average molecular weight is 589 g/mol. The summed E-state index contributed by atoms with van der Waals surface area (Å²) < 4.78 is 11.2. The van der Waals surface area contributed by atoms with Gasteiger partial charge in [0.1, 0.15) is 18.1 Å². The lowest BCUT2D eigenvalue weighted by Gasteiger charge is -2.72. The maximum Gasteiger partial charge on any atom is 0.331 e. The summed E-state index contributed by atoms with van der Waals surface area (Å²) in [6.45, 7) is 17.6. The predicted molar refractivity (Wildman–Crippen MR) is 157 cm³/mol. The minimum atomic E-state index is -1.57. The highest BCUT2D eigenvalue weighted by atomic mass is 16.5. The minimum absolute atomic E-state index is 0.0117. The number of carbonyl (C=O) groups is 4. The fourth-order valence-corrected chi connectivity index (χ4v) is 11.0. The fraction of sp³-hybridized carbons (Fsp3) is 0.824. The molecular formula is C34H52O8. The van der Waals surface area contributed by atoms with E-state index in [0.29, 0.717) is 30.3 Å². The van der Waals surface area contributed by atoms with Crippen LogP contribution in [0.15, 0.2) is 11.1 Å². The van der Waals surface area contributed by atoms with Crippen LogP contribution in [0.2, 0.25) is 0 Å². The van der Waals surface area contributed by atoms with E-state index in [0.717, 1.165) is 32.1 Å². The Labute approximate surface area is 251 Å². The first-order valence-corrected chi connectivity index (χ1v) is 15.8. The number of hydrogen-bond donors (Lipinski definition) is 2. The lowest BCUT2D eigenvalue weighted by Crippen LogP contribution is -2.66. The van der Waals surface area contributed by atoms with E-state index in [4.69, 9.17) is 9.47 Å². The molecule has 8 heteroatoms. The van der Waals surface area contributed by atoms with Crippen molar-refractivity contribution in [2.45, 2.75) is 120 Å². The molecule has 236 valence electrons. The van der Waals surface area contributed by atoms with Gasteiger partial charge < -0.3 is 19.7 Å². The lowest BCUT2D eigenvalue weighted by molar-refractivity contribution is -0.234. The molecule has 0 saturated heterocycles. The van der Waals surface area contributed by atoms with E-state index in [2.05, 4.69) is 34.6 Å². The Kier molecular flexibility index (Phi) is 8.25. The van der Waals surface area contributed by atoms with Crippen LogP contribution < -0.4 is 0 Å². The molecule has 0 aromatic carbocycles. The normalized spacial score (nSPS) is 42.0. The standard InChI is InChI=1S/C34H52O8/c1-19(2)26(28(37)38)27-22-10-11-24-31(7)14-13-25(42-21(4)36)30(5,6)23(31)12-15-33(24,9)32(22,8)16-17-34(27,29(39)40)18-41-20(3)35/h19,22-25H,10-18H2,1-9H3,(H,37,38)(H,39,40)/b27-26-/t22-,23+,24-,25+,31+,32-,33-,34+/m1/s1. The molecule has 8 nitrogen and oxygen atoms in total. The fourth-order valence-electron chi connectivity index (χ4n) is 11.0. The van der Waals surface area contributed by atoms with Gasteiger partial charge in [0.05, 0.1) is 0 Å². The molecule has 0 unspecified atom stereocenters. The Morgan fingerprint density at radius 2 is 1.45 bits per heavy atom. The summed E-state index contributed by atoms with van der Waals surface area (Å²) in [5.74, 6) is -2.93. The van der Waals surface area contributed by atoms with Crippen molar-refractivity contribution in [1.29, 1.82) is 0 Å². The van der Waals surface area contributed by atoms with Crippen molar-refractivity contribution in [2.24, 2.45) is 50.7 Å². The lowest BCUT2D eigenvalue weighted by atomic mass is 9.32. The molecule has 4 aliphatic carbocycles. The van der Waals surface area contributed by atoms with Gasteiger partial charge >= 0.3 is 23.9 Å². The number of carboxylic acids is 2. The number of ether oxygens (including phenoxy) is 2. The molecule has 0 radical (unpaired) electrons. The molecule has 4 fully saturated rings. The van der Waals surface area contributed by atoms with Crippen LogP contribution in [-0.4, -0.2) is 46.8 Å². The Morgan fingerprint density at radius 3 is 1.98 bits per heavy atom. The summed E-state index contributed by atoms with van der Waals surface area (Å²) in [5.41, 5.74) is -1.58. The number of rotatable bonds is 6. The van der Waals surface area contributed by atoms with Crippen LogP contribution in [0.5, 0.6) is 0 Å². The zero-order chi connectivity index (χ0) is 31.6. The van der Waals surface area contributed by atoms with Gasteiger partial charge in [0.2, 0.25) is 0 Å². The van der Waals surface area contributed by atoms with Gasteiger partial charge in [-0.25, -0.2) is 4.79 Å². The van der Waals surface area contributed by atoms with Crippen molar-refractivity contribution in [1.82, 2.24) is 0 Å². The topological polar surface area (TPSA) is 127 Å². The molecule has 4 rings (SSSR count). The van der Waals surface area contributed by atoms with Crippen LogP contribution in [-0.2, 0) is 28.7 Å². The first kappa shape index (κ1) is 32.5. The molecule has 0 aromatic rings. The first-order chi connectivity index (χ1) is 19.3. The van der Waals surface area contributed by atoms with Crippen molar-refractivity contribution in [3.8, 4) is 0 Å². The number of carboxylic acid groups (broad SMARTS) is 2. The summed E-state index contributed by atoms with van der Waals surface area (Å²) >= 11 is 0. The van der Waals surface area contributed by atoms with Crippen molar-refractivity contribution in [2.75, 3.05) is 6.61 Å². The summed E-state index contributed by atoms with van der Waals surface area (Å²) in [4.78, 5) is 49.9. The number of fused-ring (bicyclic) bond motifs is 5. The highest BCUT2D eigenvalue weighted by Gasteiger charge is 2.70. The molecule has 0 aliphatic heterocycles. The quantitative estimate of drug-likeness (QED) is 0.261. The molecular weight excluding hydrogens is 536 g/mol. The Bertz CT molecular complexity index is 1180. The molecule has 0 aromatic heterocycles. The van der Waals surface area contributed by atoms with E-state index in [1.165, 1.54) is 13.8 Å². The van der Waals surface area contributed by atoms with Gasteiger partial charge in [0.25, 0.3) is 0 Å². The van der Waals surface area contributed by atoms with Gasteiger partial charge in [-0.1, -0.05) is 48.5 Å². The molecule has 2 N–H and O–H groups in total. The van der Waals surface area contributed by atoms with Crippen LogP contribution in [0.3, 0.4) is 0 Å². The third kappa shape index (κ3) is 4.61. The van der Waals surface area contributed by atoms with Gasteiger partial charge in [-0.3, -0.25) is 14.4 Å². The largest absolute Gasteiger partial charge is 0.480 e. The molecule has 0 amide bonds. The Morgan fingerprint density at radius 1 is 0.810 bits per heavy atom. The Balaban J connectivity index is 1.84. The molecule has 4 aliphatic rings. The third-order valence-electron chi connectivity index (χ3n) is 13.1. The minimum Gasteiger partial charge on any atom is -0.480 e. The summed E-state index contributed by atoms with van der Waals surface area (Å²) in [7, 11) is 0. The second kappa shape index (κ2) is 10.7. The van der Waals surface area contributed by atoms with E-state index in [9.17, 15) is 29.4 Å². The maximum atomic E-state index is 13.2. The van der Waals surface area contributed by atoms with Crippen molar-refractivity contribution in [3.63, 3.8) is 0 Å². The number of aliphatic carboxylic acids is 2. The van der Waals surface area contributed by atoms with E-state index in [-0.39, 0.29) is 58.3 Å². The zero-order valence-electron chi connectivity index (χ0n) is 27.1. The SMILES string of the molecule is CC(=O)OC[C@@]1(C(=O)O)CC[C@]2(C)[C@H](CC[C@@H]3[C@@]4(C)CC[C@H](OC(C)=O)C(C)(C)[C@@H]4CC[C@]32C)/C1=C(/C(=O)O)C(C)C. The molecule has 0 heterocycles. The van der Waals surface area contributed by atoms with Gasteiger partial charge in [-0.15, -0.1) is 0 Å². The third-order valence-corrected chi connectivity index (χ3v) is 13.1. The van der Waals surface area contributed by atoms with Gasteiger partial charge in [-0.2, -0.15) is 0 Å². The molecule has 4 saturated carbocycles. The van der Waals surface area contributed by atoms with Crippen molar-refractivity contribution < 1.29 is 38.9 Å². The van der Waals surface area contributed by atoms with Crippen molar-refractivity contribution in [3.05, 3.63) is 11.1 Å². The monoisotopic (exact) mass is 588 g/mol. The second-order valence-corrected chi connectivity index (χ2v) is 15.5. The molecule has 42 heavy (non-hydrogen) atoms. The van der Waals surface area contributed by atoms with Crippen LogP contribution in [0.1, 0.15) is 114 Å². The highest BCUT2D eigenvalue weighted by Crippen LogP contribution is 2.76. The molecule has 0 bridgehead atoms. The van der Waals surface area contributed by atoms with Crippen LogP contribution in [0.25, 0.3) is 0 Å². The molecule has 8 atom stereocenters. The van der Waals surface area contributed by atoms with Crippen molar-refractivity contribution >= 4 is 23.9 Å². The van der Waals surface area contributed by atoms with E-state index < -0.39 is 29.2 Å². The summed E-state index contributed by atoms with van der Waals surface area (Å²) in [6, 6.07) is 0. The molecule has 0 spiro atoms. The highest BCUT2D eigenvalue weighted by molar-refractivity contribution is 5.91. The predicted octanol–water partition coefficient (Wildman–Crippen LogP) is 6.66. The van der Waals surface area contributed by atoms with Crippen LogP contribution >= 0.6 is 0 Å². The van der Waals surface area contributed by atoms with Gasteiger partial charge in [0, 0.05) is 24.8 Å². The van der Waals surface area contributed by atoms with E-state index in [1.807, 2.05) is 13.8 Å². The number of carbonyl (C=O) groups excluding carboxylic acids is 2. The summed E-state index contributed by atoms with van der Waals surface area (Å²) in [6.07, 6.45) is 5.99. The van der Waals surface area contributed by atoms with Gasteiger partial charge in [-0.05, 0) is 96.9 Å². The maximum absolute atomic E-state index is 13.2. The summed E-state index contributed by atoms with van der Waals surface area (Å²) in [5, 5.41) is 21.2. The van der Waals surface area contributed by atoms with E-state index >= 15 is 0 Å². The smallest absolute Gasteiger partial charge is 0.331 e. The number of esters is 2. The zero-order valence-corrected chi connectivity index (χ0v) is 27.1.